The van der Waals surface area contributed by atoms with Crippen LogP contribution in [0, 0.1) is 0 Å². The first kappa shape index (κ1) is 10.4. The molecule has 14 heavy (non-hydrogen) atoms. The third-order valence-electron chi connectivity index (χ3n) is 3.57. The molecule has 2 heterocycles. The van der Waals surface area contributed by atoms with Crippen LogP contribution in [0.4, 0.5) is 0 Å². The third kappa shape index (κ3) is 2.10. The normalized spacial score (nSPS) is 43.3. The van der Waals surface area contributed by atoms with Gasteiger partial charge >= 0.3 is 0 Å². The Morgan fingerprint density at radius 2 is 2.36 bits per heavy atom. The maximum atomic E-state index is 9.42. The number of aliphatic hydroxyl groups is 1. The lowest BCUT2D eigenvalue weighted by Gasteiger charge is -2.29. The highest BCUT2D eigenvalue weighted by Gasteiger charge is 2.37. The SMILES string of the molecule is CC1CCC(CC2(CO)CCCN2)O1. The van der Waals surface area contributed by atoms with Gasteiger partial charge in [0.05, 0.1) is 18.8 Å². The van der Waals surface area contributed by atoms with Crippen molar-refractivity contribution in [1.29, 1.82) is 0 Å². The topological polar surface area (TPSA) is 41.5 Å². The van der Waals surface area contributed by atoms with Crippen molar-refractivity contribution in [3.63, 3.8) is 0 Å². The maximum Gasteiger partial charge on any atom is 0.0614 e. The summed E-state index contributed by atoms with van der Waals surface area (Å²) in [5.41, 5.74) is -0.0330. The van der Waals surface area contributed by atoms with Gasteiger partial charge in [0.1, 0.15) is 0 Å². The molecule has 0 radical (unpaired) electrons. The highest BCUT2D eigenvalue weighted by Crippen LogP contribution is 2.30. The third-order valence-corrected chi connectivity index (χ3v) is 3.57. The maximum absolute atomic E-state index is 9.42. The molecule has 0 spiro atoms. The Labute approximate surface area is 85.8 Å². The molecular formula is C11H21NO2. The number of ether oxygens (including phenoxy) is 1. The molecule has 2 aliphatic heterocycles. The van der Waals surface area contributed by atoms with E-state index in [-0.39, 0.29) is 12.1 Å². The van der Waals surface area contributed by atoms with E-state index >= 15 is 0 Å². The van der Waals surface area contributed by atoms with Gasteiger partial charge in [0.15, 0.2) is 0 Å². The Hall–Kier alpha value is -0.120. The summed E-state index contributed by atoms with van der Waals surface area (Å²) < 4.78 is 5.80. The van der Waals surface area contributed by atoms with Crippen molar-refractivity contribution in [3.8, 4) is 0 Å². The number of hydrogen-bond donors (Lipinski definition) is 2. The van der Waals surface area contributed by atoms with Crippen LogP contribution < -0.4 is 5.32 Å². The Balaban J connectivity index is 1.88. The van der Waals surface area contributed by atoms with E-state index in [2.05, 4.69) is 12.2 Å². The summed E-state index contributed by atoms with van der Waals surface area (Å²) in [7, 11) is 0. The predicted molar refractivity (Wildman–Crippen MR) is 55.2 cm³/mol. The van der Waals surface area contributed by atoms with Crippen molar-refractivity contribution in [2.24, 2.45) is 0 Å². The summed E-state index contributed by atoms with van der Waals surface area (Å²) >= 11 is 0. The fourth-order valence-corrected chi connectivity index (χ4v) is 2.71. The smallest absolute Gasteiger partial charge is 0.0614 e. The number of hydrogen-bond acceptors (Lipinski definition) is 3. The lowest BCUT2D eigenvalue weighted by atomic mass is 9.90. The van der Waals surface area contributed by atoms with E-state index in [0.29, 0.717) is 12.2 Å². The standard InChI is InChI=1S/C11H21NO2/c1-9-3-4-10(14-9)7-11(8-13)5-2-6-12-11/h9-10,12-13H,2-8H2,1H3. The molecule has 0 aliphatic carbocycles. The minimum Gasteiger partial charge on any atom is -0.394 e. The Morgan fingerprint density at radius 3 is 2.86 bits per heavy atom. The second-order valence-corrected chi connectivity index (χ2v) is 4.82. The van der Waals surface area contributed by atoms with Crippen molar-refractivity contribution in [2.45, 2.75) is 56.8 Å². The predicted octanol–water partition coefficient (Wildman–Crippen LogP) is 1.06. The quantitative estimate of drug-likeness (QED) is 0.714. The van der Waals surface area contributed by atoms with E-state index < -0.39 is 0 Å². The van der Waals surface area contributed by atoms with E-state index in [1.165, 1.54) is 12.8 Å². The molecule has 2 rings (SSSR count). The van der Waals surface area contributed by atoms with Gasteiger partial charge in [0.25, 0.3) is 0 Å². The highest BCUT2D eigenvalue weighted by molar-refractivity contribution is 4.95. The lowest BCUT2D eigenvalue weighted by Crippen LogP contribution is -2.46. The van der Waals surface area contributed by atoms with Crippen LogP contribution in [-0.4, -0.2) is 36.0 Å². The van der Waals surface area contributed by atoms with Crippen LogP contribution in [0.5, 0.6) is 0 Å². The van der Waals surface area contributed by atoms with Gasteiger partial charge in [-0.1, -0.05) is 0 Å². The summed E-state index contributed by atoms with van der Waals surface area (Å²) in [6.07, 6.45) is 6.37. The van der Waals surface area contributed by atoms with Crippen LogP contribution in [0.2, 0.25) is 0 Å². The summed E-state index contributed by atoms with van der Waals surface area (Å²) in [5.74, 6) is 0. The van der Waals surface area contributed by atoms with Gasteiger partial charge in [-0.15, -0.1) is 0 Å². The van der Waals surface area contributed by atoms with Gasteiger partial charge in [0.2, 0.25) is 0 Å². The highest BCUT2D eigenvalue weighted by atomic mass is 16.5. The molecule has 0 amide bonds. The molecule has 0 aromatic rings. The zero-order valence-corrected chi connectivity index (χ0v) is 8.96. The minimum absolute atomic E-state index is 0.0330. The molecule has 3 unspecified atom stereocenters. The minimum atomic E-state index is -0.0330. The Bertz CT molecular complexity index is 190. The van der Waals surface area contributed by atoms with E-state index in [0.717, 1.165) is 25.8 Å². The number of nitrogens with one attached hydrogen (secondary N) is 1. The van der Waals surface area contributed by atoms with E-state index in [9.17, 15) is 5.11 Å². The van der Waals surface area contributed by atoms with Crippen molar-refractivity contribution in [3.05, 3.63) is 0 Å². The molecule has 3 nitrogen and oxygen atoms in total. The van der Waals surface area contributed by atoms with Crippen LogP contribution in [0.1, 0.15) is 39.0 Å². The molecule has 3 atom stereocenters. The van der Waals surface area contributed by atoms with Crippen LogP contribution in [0.25, 0.3) is 0 Å². The summed E-state index contributed by atoms with van der Waals surface area (Å²) in [6, 6.07) is 0. The monoisotopic (exact) mass is 199 g/mol. The van der Waals surface area contributed by atoms with Crippen LogP contribution in [0.3, 0.4) is 0 Å². The average molecular weight is 199 g/mol. The van der Waals surface area contributed by atoms with Crippen LogP contribution in [-0.2, 0) is 4.74 Å². The van der Waals surface area contributed by atoms with Gasteiger partial charge in [-0.2, -0.15) is 0 Å². The summed E-state index contributed by atoms with van der Waals surface area (Å²) in [6.45, 7) is 3.43. The molecule has 82 valence electrons. The molecule has 2 saturated heterocycles. The molecule has 0 bridgehead atoms. The first-order valence-electron chi connectivity index (χ1n) is 5.75. The van der Waals surface area contributed by atoms with E-state index in [1.54, 1.807) is 0 Å². The lowest BCUT2D eigenvalue weighted by molar-refractivity contribution is 0.0232. The second kappa shape index (κ2) is 4.17. The molecule has 2 fully saturated rings. The fourth-order valence-electron chi connectivity index (χ4n) is 2.71. The first-order chi connectivity index (χ1) is 6.74. The zero-order valence-electron chi connectivity index (χ0n) is 8.96. The largest absolute Gasteiger partial charge is 0.394 e. The number of rotatable bonds is 3. The molecule has 2 aliphatic rings. The van der Waals surface area contributed by atoms with E-state index in [4.69, 9.17) is 4.74 Å². The molecule has 3 heteroatoms. The van der Waals surface area contributed by atoms with Crippen molar-refractivity contribution in [1.82, 2.24) is 5.32 Å². The molecule has 0 aromatic heterocycles. The number of aliphatic hydroxyl groups excluding tert-OH is 1. The van der Waals surface area contributed by atoms with Crippen molar-refractivity contribution < 1.29 is 9.84 Å². The van der Waals surface area contributed by atoms with Gasteiger partial charge in [-0.3, -0.25) is 0 Å². The fraction of sp³-hybridized carbons (Fsp3) is 1.00. The van der Waals surface area contributed by atoms with Crippen LogP contribution in [0.15, 0.2) is 0 Å². The summed E-state index contributed by atoms with van der Waals surface area (Å²) in [5, 5.41) is 12.9. The van der Waals surface area contributed by atoms with Crippen molar-refractivity contribution >= 4 is 0 Å². The molecular weight excluding hydrogens is 178 g/mol. The van der Waals surface area contributed by atoms with Gasteiger partial charge in [-0.25, -0.2) is 0 Å². The molecule has 0 aromatic carbocycles. The summed E-state index contributed by atoms with van der Waals surface area (Å²) in [4.78, 5) is 0. The zero-order chi connectivity index (χ0) is 10.0. The molecule has 0 saturated carbocycles. The molecule has 2 N–H and O–H groups in total. The van der Waals surface area contributed by atoms with Crippen molar-refractivity contribution in [2.75, 3.05) is 13.2 Å². The Kier molecular flexibility index (Phi) is 3.10. The van der Waals surface area contributed by atoms with Gasteiger partial charge in [-0.05, 0) is 45.6 Å². The van der Waals surface area contributed by atoms with E-state index in [1.807, 2.05) is 0 Å². The van der Waals surface area contributed by atoms with Gasteiger partial charge < -0.3 is 15.2 Å². The second-order valence-electron chi connectivity index (χ2n) is 4.82. The first-order valence-corrected chi connectivity index (χ1v) is 5.75. The van der Waals surface area contributed by atoms with Crippen LogP contribution >= 0.6 is 0 Å². The average Bonchev–Trinajstić information content (AvgIpc) is 2.77. The Morgan fingerprint density at radius 1 is 1.50 bits per heavy atom. The van der Waals surface area contributed by atoms with Gasteiger partial charge in [0, 0.05) is 5.54 Å².